The standard InChI is InChI=1S/C17H27BN2O4/c1-11-8-12(9-15(2,3)20-14(21)22)19-10-13(11)18-23-16(4,5)17(6,7)24-18/h8,10,20H,9H2,1-7H3,(H,21,22). The highest BCUT2D eigenvalue weighted by atomic mass is 16.7. The molecule has 0 unspecified atom stereocenters. The number of hydrogen-bond acceptors (Lipinski definition) is 4. The smallest absolute Gasteiger partial charge is 0.465 e. The number of aromatic nitrogens is 1. The number of hydrogen-bond donors (Lipinski definition) is 2. The van der Waals surface area contributed by atoms with E-state index >= 15 is 0 Å². The fourth-order valence-electron chi connectivity index (χ4n) is 2.72. The van der Waals surface area contributed by atoms with E-state index < -0.39 is 30.0 Å². The van der Waals surface area contributed by atoms with Crippen molar-refractivity contribution in [2.24, 2.45) is 0 Å². The van der Waals surface area contributed by atoms with Crippen molar-refractivity contribution in [1.82, 2.24) is 10.3 Å². The van der Waals surface area contributed by atoms with Gasteiger partial charge >= 0.3 is 13.2 Å². The molecular weight excluding hydrogens is 307 g/mol. The summed E-state index contributed by atoms with van der Waals surface area (Å²) < 4.78 is 12.1. The van der Waals surface area contributed by atoms with E-state index in [2.05, 4.69) is 10.3 Å². The van der Waals surface area contributed by atoms with Gasteiger partial charge in [-0.05, 0) is 60.1 Å². The Balaban J connectivity index is 2.18. The number of rotatable bonds is 4. The maximum Gasteiger partial charge on any atom is 0.496 e. The Morgan fingerprint density at radius 3 is 2.29 bits per heavy atom. The van der Waals surface area contributed by atoms with Crippen molar-refractivity contribution in [3.05, 3.63) is 23.5 Å². The van der Waals surface area contributed by atoms with Crippen molar-refractivity contribution >= 4 is 18.7 Å². The predicted octanol–water partition coefficient (Wildman–Crippen LogP) is 2.28. The molecule has 6 nitrogen and oxygen atoms in total. The summed E-state index contributed by atoms with van der Waals surface area (Å²) in [5.41, 5.74) is 1.38. The highest BCUT2D eigenvalue weighted by Gasteiger charge is 2.52. The number of carboxylic acid groups (broad SMARTS) is 1. The molecule has 2 N–H and O–H groups in total. The van der Waals surface area contributed by atoms with E-state index in [4.69, 9.17) is 14.4 Å². The fraction of sp³-hybridized carbons (Fsp3) is 0.647. The highest BCUT2D eigenvalue weighted by molar-refractivity contribution is 6.62. The maximum atomic E-state index is 10.9. The zero-order valence-corrected chi connectivity index (χ0v) is 15.6. The first-order valence-corrected chi connectivity index (χ1v) is 8.15. The van der Waals surface area contributed by atoms with Crippen molar-refractivity contribution in [1.29, 1.82) is 0 Å². The molecule has 0 atom stereocenters. The van der Waals surface area contributed by atoms with Crippen LogP contribution in [0.3, 0.4) is 0 Å². The maximum absolute atomic E-state index is 10.9. The van der Waals surface area contributed by atoms with Gasteiger partial charge in [0.15, 0.2) is 0 Å². The average Bonchev–Trinajstić information content (AvgIpc) is 2.55. The second-order valence-corrected chi connectivity index (χ2v) is 8.11. The first kappa shape index (κ1) is 18.7. The third-order valence-corrected chi connectivity index (χ3v) is 4.78. The van der Waals surface area contributed by atoms with Gasteiger partial charge in [-0.3, -0.25) is 4.98 Å². The Bertz CT molecular complexity index is 627. The number of carbonyl (C=O) groups is 1. The number of nitrogens with one attached hydrogen (secondary N) is 1. The molecule has 1 fully saturated rings. The number of amides is 1. The van der Waals surface area contributed by atoms with Crippen LogP contribution in [-0.4, -0.2) is 40.0 Å². The minimum Gasteiger partial charge on any atom is -0.465 e. The lowest BCUT2D eigenvalue weighted by Gasteiger charge is -2.32. The summed E-state index contributed by atoms with van der Waals surface area (Å²) in [6.07, 6.45) is 1.23. The van der Waals surface area contributed by atoms with Gasteiger partial charge in [-0.2, -0.15) is 0 Å². The normalized spacial score (nSPS) is 19.4. The minimum absolute atomic E-state index is 0.393. The van der Waals surface area contributed by atoms with E-state index in [1.807, 2.05) is 54.5 Å². The van der Waals surface area contributed by atoms with Gasteiger partial charge in [-0.25, -0.2) is 4.79 Å². The largest absolute Gasteiger partial charge is 0.496 e. The van der Waals surface area contributed by atoms with Crippen LogP contribution in [-0.2, 0) is 15.7 Å². The molecule has 0 radical (unpaired) electrons. The number of nitrogens with zero attached hydrogens (tertiary/aromatic N) is 1. The Morgan fingerprint density at radius 1 is 1.29 bits per heavy atom. The topological polar surface area (TPSA) is 80.7 Å². The molecule has 0 spiro atoms. The van der Waals surface area contributed by atoms with E-state index in [-0.39, 0.29) is 0 Å². The molecule has 0 bridgehead atoms. The molecule has 132 valence electrons. The number of pyridine rings is 1. The zero-order chi connectivity index (χ0) is 18.3. The van der Waals surface area contributed by atoms with Crippen molar-refractivity contribution in [3.8, 4) is 0 Å². The van der Waals surface area contributed by atoms with Crippen LogP contribution in [0, 0.1) is 6.92 Å². The van der Waals surface area contributed by atoms with Crippen LogP contribution in [0.15, 0.2) is 12.3 Å². The molecule has 0 saturated carbocycles. The van der Waals surface area contributed by atoms with E-state index in [1.54, 1.807) is 6.20 Å². The number of aryl methyl sites for hydroxylation is 1. The summed E-state index contributed by atoms with van der Waals surface area (Å²) in [6.45, 7) is 13.7. The lowest BCUT2D eigenvalue weighted by molar-refractivity contribution is 0.00578. The zero-order valence-electron chi connectivity index (χ0n) is 15.6. The molecule has 7 heteroatoms. The first-order chi connectivity index (χ1) is 10.8. The summed E-state index contributed by atoms with van der Waals surface area (Å²) in [5, 5.41) is 11.4. The van der Waals surface area contributed by atoms with E-state index in [1.165, 1.54) is 0 Å². The highest BCUT2D eigenvalue weighted by Crippen LogP contribution is 2.36. The summed E-state index contributed by atoms with van der Waals surface area (Å²) in [5.74, 6) is 0. The van der Waals surface area contributed by atoms with Gasteiger partial charge in [0.05, 0.1) is 11.2 Å². The summed E-state index contributed by atoms with van der Waals surface area (Å²) in [7, 11) is -0.443. The molecule has 0 aromatic carbocycles. The molecule has 1 aromatic rings. The molecule has 24 heavy (non-hydrogen) atoms. The summed E-state index contributed by atoms with van der Waals surface area (Å²) in [4.78, 5) is 15.3. The van der Waals surface area contributed by atoms with Crippen molar-refractivity contribution < 1.29 is 19.2 Å². The fourth-order valence-corrected chi connectivity index (χ4v) is 2.72. The van der Waals surface area contributed by atoms with Crippen LogP contribution in [0.4, 0.5) is 4.79 Å². The van der Waals surface area contributed by atoms with Crippen LogP contribution in [0.5, 0.6) is 0 Å². The van der Waals surface area contributed by atoms with Crippen LogP contribution in [0.2, 0.25) is 0 Å². The molecule has 1 aliphatic rings. The van der Waals surface area contributed by atoms with Gasteiger partial charge in [0.2, 0.25) is 0 Å². The van der Waals surface area contributed by atoms with Gasteiger partial charge in [0.1, 0.15) is 0 Å². The van der Waals surface area contributed by atoms with E-state index in [0.717, 1.165) is 16.7 Å². The monoisotopic (exact) mass is 334 g/mol. The summed E-state index contributed by atoms with van der Waals surface area (Å²) in [6, 6.07) is 1.96. The molecule has 2 rings (SSSR count). The van der Waals surface area contributed by atoms with Crippen molar-refractivity contribution in [3.63, 3.8) is 0 Å². The molecular formula is C17H27BN2O4. The van der Waals surface area contributed by atoms with Gasteiger partial charge in [-0.15, -0.1) is 0 Å². The lowest BCUT2D eigenvalue weighted by atomic mass is 9.77. The molecule has 0 aliphatic carbocycles. The van der Waals surface area contributed by atoms with Crippen LogP contribution < -0.4 is 10.8 Å². The molecule has 1 amide bonds. The Labute approximate surface area is 144 Å². The third-order valence-electron chi connectivity index (χ3n) is 4.78. The predicted molar refractivity (Wildman–Crippen MR) is 93.6 cm³/mol. The van der Waals surface area contributed by atoms with Crippen LogP contribution in [0.25, 0.3) is 0 Å². The van der Waals surface area contributed by atoms with E-state index in [9.17, 15) is 4.79 Å². The summed E-state index contributed by atoms with van der Waals surface area (Å²) >= 11 is 0. The second-order valence-electron chi connectivity index (χ2n) is 8.11. The van der Waals surface area contributed by atoms with Gasteiger partial charge < -0.3 is 19.7 Å². The van der Waals surface area contributed by atoms with Crippen LogP contribution in [0.1, 0.15) is 52.8 Å². The SMILES string of the molecule is Cc1cc(CC(C)(C)NC(=O)O)ncc1B1OC(C)(C)C(C)(C)O1. The molecule has 1 saturated heterocycles. The van der Waals surface area contributed by atoms with Gasteiger partial charge in [-0.1, -0.05) is 0 Å². The van der Waals surface area contributed by atoms with Gasteiger partial charge in [0.25, 0.3) is 0 Å². The quantitative estimate of drug-likeness (QED) is 0.826. The third kappa shape index (κ3) is 3.90. The lowest BCUT2D eigenvalue weighted by Crippen LogP contribution is -2.44. The van der Waals surface area contributed by atoms with E-state index in [0.29, 0.717) is 6.42 Å². The Morgan fingerprint density at radius 2 is 1.83 bits per heavy atom. The molecule has 1 aromatic heterocycles. The molecule has 2 heterocycles. The Kier molecular flexibility index (Phi) is 4.72. The minimum atomic E-state index is -1.04. The molecule has 1 aliphatic heterocycles. The Hall–Kier alpha value is -1.60. The second kappa shape index (κ2) is 6.04. The van der Waals surface area contributed by atoms with Crippen molar-refractivity contribution in [2.75, 3.05) is 0 Å². The van der Waals surface area contributed by atoms with Crippen molar-refractivity contribution in [2.45, 2.75) is 71.6 Å². The van der Waals surface area contributed by atoms with Gasteiger partial charge in [0, 0.05) is 29.3 Å². The average molecular weight is 334 g/mol. The van der Waals surface area contributed by atoms with Crippen LogP contribution >= 0.6 is 0 Å². The first-order valence-electron chi connectivity index (χ1n) is 8.15.